The lowest BCUT2D eigenvalue weighted by Crippen LogP contribution is -2.76. The Hall–Kier alpha value is -0.940. The summed E-state index contributed by atoms with van der Waals surface area (Å²) in [5.41, 5.74) is 3.78. The minimum atomic E-state index is 0.0893. The summed E-state index contributed by atoms with van der Waals surface area (Å²) < 4.78 is 5.69. The van der Waals surface area contributed by atoms with E-state index in [0.29, 0.717) is 24.0 Å². The largest absolute Gasteiger partial charge is 0.380 e. The number of fused-ring (bicyclic) bond motifs is 1. The molecule has 0 amide bonds. The van der Waals surface area contributed by atoms with E-state index < -0.39 is 0 Å². The van der Waals surface area contributed by atoms with Crippen molar-refractivity contribution in [3.63, 3.8) is 0 Å². The van der Waals surface area contributed by atoms with E-state index in [9.17, 15) is 0 Å². The Kier molecular flexibility index (Phi) is 8.67. The number of nitrogens with zero attached hydrogens (tertiary/aromatic N) is 2. The molecule has 0 aromatic heterocycles. The molecule has 0 bridgehead atoms. The van der Waals surface area contributed by atoms with Crippen LogP contribution >= 0.6 is 0 Å². The van der Waals surface area contributed by atoms with Crippen LogP contribution in [0.4, 0.5) is 0 Å². The van der Waals surface area contributed by atoms with Gasteiger partial charge in [-0.1, -0.05) is 13.8 Å². The van der Waals surface area contributed by atoms with E-state index in [0.717, 1.165) is 51.6 Å². The molecule has 6 atom stereocenters. The van der Waals surface area contributed by atoms with E-state index in [1.165, 1.54) is 19.3 Å². The topological polar surface area (TPSA) is 87.9 Å². The normalized spacial score (nSPS) is 37.1. The molecule has 3 saturated heterocycles. The fraction of sp³-hybridized carbons (Fsp3) is 0.913. The molecular weight excluding hydrogens is 404 g/mol. The number of ether oxygens (including phenoxy) is 1. The van der Waals surface area contributed by atoms with Crippen molar-refractivity contribution in [3.8, 4) is 0 Å². The minimum absolute atomic E-state index is 0.0893. The standard InChI is InChI=1S/C23H46N8O/c1-5-18-20-21(31(29-18)13-14-32-6-2)22(26-19-15-16(3)7-10-24-19)28-23(27-20)25-17-8-11-30(4)12-9-17/h15-18,20-29H,5-14H2,1-4H3. The van der Waals surface area contributed by atoms with Crippen molar-refractivity contribution in [1.29, 1.82) is 0 Å². The van der Waals surface area contributed by atoms with Crippen LogP contribution in [0.5, 0.6) is 0 Å². The highest BCUT2D eigenvalue weighted by Crippen LogP contribution is 2.24. The minimum Gasteiger partial charge on any atom is -0.380 e. The van der Waals surface area contributed by atoms with E-state index in [2.05, 4.69) is 75.8 Å². The Morgan fingerprint density at radius 3 is 2.69 bits per heavy atom. The number of likely N-dealkylation sites (tertiary alicyclic amines) is 1. The summed E-state index contributed by atoms with van der Waals surface area (Å²) in [5, 5.41) is 21.4. The van der Waals surface area contributed by atoms with Gasteiger partial charge < -0.3 is 20.3 Å². The van der Waals surface area contributed by atoms with Crippen molar-refractivity contribution in [2.75, 3.05) is 46.4 Å². The maximum absolute atomic E-state index is 5.69. The van der Waals surface area contributed by atoms with Gasteiger partial charge in [-0.3, -0.25) is 16.0 Å². The molecule has 6 unspecified atom stereocenters. The monoisotopic (exact) mass is 450 g/mol. The molecule has 4 aliphatic heterocycles. The van der Waals surface area contributed by atoms with Crippen LogP contribution in [0.2, 0.25) is 0 Å². The van der Waals surface area contributed by atoms with Gasteiger partial charge in [0.2, 0.25) is 0 Å². The van der Waals surface area contributed by atoms with Crippen LogP contribution in [-0.2, 0) is 4.74 Å². The lowest BCUT2D eigenvalue weighted by Gasteiger charge is -2.46. The zero-order valence-corrected chi connectivity index (χ0v) is 20.5. The Labute approximate surface area is 194 Å². The molecule has 6 N–H and O–H groups in total. The number of rotatable bonds is 9. The maximum atomic E-state index is 5.69. The highest BCUT2D eigenvalue weighted by Gasteiger charge is 2.49. The van der Waals surface area contributed by atoms with Gasteiger partial charge in [0.25, 0.3) is 0 Å². The smallest absolute Gasteiger partial charge is 0.114 e. The number of hydrogen-bond donors (Lipinski definition) is 6. The van der Waals surface area contributed by atoms with Crippen LogP contribution in [0.1, 0.15) is 46.5 Å². The van der Waals surface area contributed by atoms with Gasteiger partial charge in [-0.15, -0.1) is 0 Å². The van der Waals surface area contributed by atoms with E-state index in [1.54, 1.807) is 0 Å². The second-order valence-electron chi connectivity index (χ2n) is 9.96. The van der Waals surface area contributed by atoms with Crippen LogP contribution in [0.25, 0.3) is 0 Å². The van der Waals surface area contributed by atoms with Gasteiger partial charge in [0.15, 0.2) is 0 Å². The second kappa shape index (κ2) is 11.5. The first-order chi connectivity index (χ1) is 15.6. The fourth-order valence-corrected chi connectivity index (χ4v) is 5.56. The predicted octanol–water partition coefficient (Wildman–Crippen LogP) is -0.0944. The molecular formula is C23H46N8O. The molecule has 0 aliphatic carbocycles. The van der Waals surface area contributed by atoms with Crippen LogP contribution < -0.4 is 32.0 Å². The molecule has 4 rings (SSSR count). The van der Waals surface area contributed by atoms with Gasteiger partial charge in [-0.05, 0) is 64.7 Å². The Bertz CT molecular complexity index is 611. The van der Waals surface area contributed by atoms with Crippen LogP contribution in [0.15, 0.2) is 11.9 Å². The first kappa shape index (κ1) is 24.2. The highest BCUT2D eigenvalue weighted by molar-refractivity contribution is 5.12. The average Bonchev–Trinajstić information content (AvgIpc) is 3.13. The Morgan fingerprint density at radius 2 is 1.97 bits per heavy atom. The van der Waals surface area contributed by atoms with Crippen LogP contribution in [0, 0.1) is 5.92 Å². The van der Waals surface area contributed by atoms with Crippen molar-refractivity contribution >= 4 is 0 Å². The molecule has 0 spiro atoms. The fourth-order valence-electron chi connectivity index (χ4n) is 5.56. The lowest BCUT2D eigenvalue weighted by molar-refractivity contribution is 0.0467. The van der Waals surface area contributed by atoms with E-state index in [1.807, 2.05) is 0 Å². The summed E-state index contributed by atoms with van der Waals surface area (Å²) in [7, 11) is 2.22. The predicted molar refractivity (Wildman–Crippen MR) is 128 cm³/mol. The number of nitrogens with one attached hydrogen (secondary N) is 6. The Balaban J connectivity index is 1.48. The third-order valence-electron chi connectivity index (χ3n) is 7.46. The molecule has 9 heteroatoms. The van der Waals surface area contributed by atoms with E-state index in [4.69, 9.17) is 4.74 Å². The molecule has 4 aliphatic rings. The van der Waals surface area contributed by atoms with Gasteiger partial charge in [0.05, 0.1) is 24.6 Å². The van der Waals surface area contributed by atoms with Crippen LogP contribution in [-0.4, -0.2) is 93.0 Å². The van der Waals surface area contributed by atoms with Gasteiger partial charge in [0, 0.05) is 37.8 Å². The summed E-state index contributed by atoms with van der Waals surface area (Å²) in [4.78, 5) is 2.42. The number of piperidine rings is 1. The van der Waals surface area contributed by atoms with Crippen molar-refractivity contribution in [1.82, 2.24) is 41.9 Å². The molecule has 4 heterocycles. The summed E-state index contributed by atoms with van der Waals surface area (Å²) in [6.07, 6.45) is 7.23. The summed E-state index contributed by atoms with van der Waals surface area (Å²) >= 11 is 0. The van der Waals surface area contributed by atoms with Gasteiger partial charge in [-0.25, -0.2) is 10.4 Å². The third-order valence-corrected chi connectivity index (χ3v) is 7.46. The first-order valence-corrected chi connectivity index (χ1v) is 12.9. The molecule has 0 radical (unpaired) electrons. The quantitative estimate of drug-likeness (QED) is 0.270. The van der Waals surface area contributed by atoms with E-state index in [-0.39, 0.29) is 18.5 Å². The number of allylic oxidation sites excluding steroid dienone is 1. The molecule has 9 nitrogen and oxygen atoms in total. The molecule has 0 aromatic rings. The lowest BCUT2D eigenvalue weighted by atomic mass is 9.95. The molecule has 32 heavy (non-hydrogen) atoms. The molecule has 184 valence electrons. The molecule has 3 fully saturated rings. The zero-order chi connectivity index (χ0) is 22.5. The third kappa shape index (κ3) is 5.94. The zero-order valence-electron chi connectivity index (χ0n) is 20.5. The van der Waals surface area contributed by atoms with E-state index >= 15 is 0 Å². The second-order valence-corrected chi connectivity index (χ2v) is 9.96. The van der Waals surface area contributed by atoms with Crippen LogP contribution in [0.3, 0.4) is 0 Å². The van der Waals surface area contributed by atoms with Crippen molar-refractivity contribution in [2.24, 2.45) is 5.92 Å². The van der Waals surface area contributed by atoms with Crippen molar-refractivity contribution in [2.45, 2.75) is 83.1 Å². The summed E-state index contributed by atoms with van der Waals surface area (Å²) in [5.74, 6) is 1.76. The summed E-state index contributed by atoms with van der Waals surface area (Å²) in [6, 6.07) is 1.59. The van der Waals surface area contributed by atoms with Gasteiger partial charge >= 0.3 is 0 Å². The van der Waals surface area contributed by atoms with Gasteiger partial charge in [-0.2, -0.15) is 0 Å². The first-order valence-electron chi connectivity index (χ1n) is 12.9. The molecule has 0 aromatic carbocycles. The van der Waals surface area contributed by atoms with Gasteiger partial charge in [0.1, 0.15) is 6.29 Å². The van der Waals surface area contributed by atoms with Crippen molar-refractivity contribution < 1.29 is 4.74 Å². The maximum Gasteiger partial charge on any atom is 0.114 e. The summed E-state index contributed by atoms with van der Waals surface area (Å²) in [6.45, 7) is 12.4. The SMILES string of the molecule is CCOCCN1NC(CC)C2NC(NC3CCN(C)CC3)NC(NC3=CC(C)CCN3)C21. The number of hydrazine groups is 1. The Morgan fingerprint density at radius 1 is 1.16 bits per heavy atom. The number of hydrogen-bond acceptors (Lipinski definition) is 9. The van der Waals surface area contributed by atoms with Crippen molar-refractivity contribution in [3.05, 3.63) is 11.9 Å². The average molecular weight is 451 g/mol. The molecule has 0 saturated carbocycles. The highest BCUT2D eigenvalue weighted by atomic mass is 16.5.